The molecule has 0 bridgehead atoms. The molecule has 7 nitrogen and oxygen atoms in total. The monoisotopic (exact) mass is 333 g/mol. The Bertz CT molecular complexity index is 731. The normalized spacial score (nSPS) is 11.3. The van der Waals surface area contributed by atoms with Gasteiger partial charge in [-0.25, -0.2) is 14.6 Å². The first-order valence-corrected chi connectivity index (χ1v) is 7.89. The number of nitrogens with one attached hydrogen (secondary N) is 1. The molecule has 1 aromatic carbocycles. The lowest BCUT2D eigenvalue weighted by Gasteiger charge is -2.19. The number of carbonyl (C=O) groups excluding carboxylic acids is 2. The van der Waals surface area contributed by atoms with Crippen LogP contribution in [-0.4, -0.2) is 40.4 Å². The van der Waals surface area contributed by atoms with Crippen LogP contribution in [0.15, 0.2) is 24.5 Å². The molecule has 1 amide bonds. The summed E-state index contributed by atoms with van der Waals surface area (Å²) in [7, 11) is 0. The minimum Gasteiger partial charge on any atom is -0.460 e. The lowest BCUT2D eigenvalue weighted by molar-refractivity contribution is 0.0434. The number of ether oxygens (including phenoxy) is 2. The zero-order valence-corrected chi connectivity index (χ0v) is 14.5. The Morgan fingerprint density at radius 3 is 2.71 bits per heavy atom. The van der Waals surface area contributed by atoms with Crippen LogP contribution in [0.4, 0.5) is 4.79 Å². The van der Waals surface area contributed by atoms with Gasteiger partial charge in [0.05, 0.1) is 29.5 Å². The number of carbonyl (C=O) groups is 2. The second-order valence-electron chi connectivity index (χ2n) is 6.30. The quantitative estimate of drug-likeness (QED) is 0.672. The first kappa shape index (κ1) is 17.8. The lowest BCUT2D eigenvalue weighted by atomic mass is 10.2. The van der Waals surface area contributed by atoms with E-state index in [0.717, 1.165) is 17.6 Å². The van der Waals surface area contributed by atoms with Crippen molar-refractivity contribution in [3.05, 3.63) is 30.1 Å². The van der Waals surface area contributed by atoms with Crippen LogP contribution in [0.2, 0.25) is 0 Å². The fraction of sp³-hybridized carbons (Fsp3) is 0.471. The number of rotatable bonds is 5. The van der Waals surface area contributed by atoms with E-state index in [9.17, 15) is 9.59 Å². The summed E-state index contributed by atoms with van der Waals surface area (Å²) in [4.78, 5) is 27.8. The van der Waals surface area contributed by atoms with Gasteiger partial charge in [0.2, 0.25) is 0 Å². The molecular weight excluding hydrogens is 310 g/mol. The molecule has 0 atom stereocenters. The highest BCUT2D eigenvalue weighted by molar-refractivity contribution is 5.93. The Hall–Kier alpha value is -2.57. The van der Waals surface area contributed by atoms with Crippen molar-refractivity contribution in [1.82, 2.24) is 14.9 Å². The molecule has 7 heteroatoms. The first-order valence-electron chi connectivity index (χ1n) is 7.89. The van der Waals surface area contributed by atoms with Gasteiger partial charge in [-0.3, -0.25) is 0 Å². The smallest absolute Gasteiger partial charge is 0.407 e. The molecule has 0 aliphatic carbocycles. The molecule has 0 aliphatic heterocycles. The third kappa shape index (κ3) is 4.71. The summed E-state index contributed by atoms with van der Waals surface area (Å²) in [5.41, 5.74) is 1.60. The molecule has 24 heavy (non-hydrogen) atoms. The van der Waals surface area contributed by atoms with Crippen LogP contribution in [0.5, 0.6) is 0 Å². The van der Waals surface area contributed by atoms with E-state index < -0.39 is 17.7 Å². The highest BCUT2D eigenvalue weighted by atomic mass is 16.6. The fourth-order valence-electron chi connectivity index (χ4n) is 2.14. The van der Waals surface area contributed by atoms with Crippen LogP contribution in [0.3, 0.4) is 0 Å². The maximum atomic E-state index is 12.0. The van der Waals surface area contributed by atoms with Crippen molar-refractivity contribution in [2.45, 2.75) is 39.8 Å². The molecule has 0 aliphatic rings. The number of benzene rings is 1. The largest absolute Gasteiger partial charge is 0.460 e. The summed E-state index contributed by atoms with van der Waals surface area (Å²) in [6, 6.07) is 5.26. The van der Waals surface area contributed by atoms with Gasteiger partial charge in [-0.15, -0.1) is 0 Å². The third-order valence-corrected chi connectivity index (χ3v) is 3.20. The summed E-state index contributed by atoms with van der Waals surface area (Å²) in [5, 5.41) is 2.53. The number of alkyl carbamates (subject to hydrolysis) is 1. The molecule has 1 aromatic heterocycles. The number of aryl methyl sites for hydroxylation is 1. The molecule has 0 saturated heterocycles. The summed E-state index contributed by atoms with van der Waals surface area (Å²) in [6.07, 6.45) is 1.20. The van der Waals surface area contributed by atoms with Crippen LogP contribution in [0.1, 0.15) is 38.1 Å². The van der Waals surface area contributed by atoms with E-state index in [2.05, 4.69) is 10.3 Å². The minimum absolute atomic E-state index is 0.0690. The topological polar surface area (TPSA) is 82.5 Å². The molecule has 0 fully saturated rings. The highest BCUT2D eigenvalue weighted by Crippen LogP contribution is 2.15. The molecule has 1 N–H and O–H groups in total. The van der Waals surface area contributed by atoms with E-state index in [1.165, 1.54) is 0 Å². The van der Waals surface area contributed by atoms with Crippen molar-refractivity contribution < 1.29 is 19.1 Å². The molecule has 0 saturated carbocycles. The van der Waals surface area contributed by atoms with Crippen LogP contribution >= 0.6 is 0 Å². The lowest BCUT2D eigenvalue weighted by Crippen LogP contribution is -2.34. The number of imidazole rings is 1. The van der Waals surface area contributed by atoms with E-state index >= 15 is 0 Å². The Morgan fingerprint density at radius 2 is 2.04 bits per heavy atom. The second-order valence-corrected chi connectivity index (χ2v) is 6.30. The van der Waals surface area contributed by atoms with Crippen molar-refractivity contribution in [3.8, 4) is 0 Å². The molecule has 1 heterocycles. The van der Waals surface area contributed by atoms with E-state index in [-0.39, 0.29) is 13.2 Å². The van der Waals surface area contributed by atoms with Crippen LogP contribution in [0, 0.1) is 0 Å². The molecule has 2 aromatic rings. The van der Waals surface area contributed by atoms with Crippen molar-refractivity contribution >= 4 is 23.1 Å². The standard InChI is InChI=1S/C17H23N3O4/c1-5-20-11-19-13-10-12(6-7-14(13)20)15(21)23-9-8-18-16(22)24-17(2,3)4/h6-7,10-11H,5,8-9H2,1-4H3,(H,18,22). The highest BCUT2D eigenvalue weighted by Gasteiger charge is 2.16. The SMILES string of the molecule is CCn1cnc2cc(C(=O)OCCNC(=O)OC(C)(C)C)ccc21. The maximum Gasteiger partial charge on any atom is 0.407 e. The molecule has 0 radical (unpaired) electrons. The molecule has 0 spiro atoms. The Labute approximate surface area is 141 Å². The van der Waals surface area contributed by atoms with Crippen LogP contribution in [-0.2, 0) is 16.0 Å². The van der Waals surface area contributed by atoms with E-state index in [4.69, 9.17) is 9.47 Å². The van der Waals surface area contributed by atoms with Crippen LogP contribution < -0.4 is 5.32 Å². The predicted molar refractivity (Wildman–Crippen MR) is 89.9 cm³/mol. The molecule has 2 rings (SSSR count). The number of amides is 1. The van der Waals surface area contributed by atoms with Gasteiger partial charge in [0.15, 0.2) is 0 Å². The van der Waals surface area contributed by atoms with Gasteiger partial charge in [-0.05, 0) is 45.9 Å². The van der Waals surface area contributed by atoms with Gasteiger partial charge < -0.3 is 19.4 Å². The zero-order chi connectivity index (χ0) is 17.7. The Morgan fingerprint density at radius 1 is 1.29 bits per heavy atom. The molecule has 0 unspecified atom stereocenters. The van der Waals surface area contributed by atoms with Gasteiger partial charge in [0.25, 0.3) is 0 Å². The molecule has 130 valence electrons. The van der Waals surface area contributed by atoms with E-state index in [1.54, 1.807) is 39.2 Å². The van der Waals surface area contributed by atoms with Gasteiger partial charge in [0, 0.05) is 6.54 Å². The fourth-order valence-corrected chi connectivity index (χ4v) is 2.14. The van der Waals surface area contributed by atoms with E-state index in [1.807, 2.05) is 17.6 Å². The minimum atomic E-state index is -0.557. The number of hydrogen-bond acceptors (Lipinski definition) is 5. The van der Waals surface area contributed by atoms with Gasteiger partial charge in [-0.1, -0.05) is 0 Å². The first-order chi connectivity index (χ1) is 11.3. The van der Waals surface area contributed by atoms with Crippen LogP contribution in [0.25, 0.3) is 11.0 Å². The van der Waals surface area contributed by atoms with Crippen molar-refractivity contribution in [2.75, 3.05) is 13.2 Å². The van der Waals surface area contributed by atoms with Crippen molar-refractivity contribution in [1.29, 1.82) is 0 Å². The van der Waals surface area contributed by atoms with Crippen molar-refractivity contribution in [3.63, 3.8) is 0 Å². The predicted octanol–water partition coefficient (Wildman–Crippen LogP) is 2.74. The summed E-state index contributed by atoms with van der Waals surface area (Å²) in [6.45, 7) is 8.44. The van der Waals surface area contributed by atoms with E-state index in [0.29, 0.717) is 5.56 Å². The van der Waals surface area contributed by atoms with Gasteiger partial charge in [-0.2, -0.15) is 0 Å². The van der Waals surface area contributed by atoms with Gasteiger partial charge >= 0.3 is 12.1 Å². The number of aromatic nitrogens is 2. The number of esters is 1. The number of fused-ring (bicyclic) bond motifs is 1. The third-order valence-electron chi connectivity index (χ3n) is 3.20. The summed E-state index contributed by atoms with van der Waals surface area (Å²) in [5.74, 6) is -0.450. The zero-order valence-electron chi connectivity index (χ0n) is 14.5. The average Bonchev–Trinajstić information content (AvgIpc) is 2.91. The molecular formula is C17H23N3O4. The Kier molecular flexibility index (Phi) is 5.43. The maximum absolute atomic E-state index is 12.0. The summed E-state index contributed by atoms with van der Waals surface area (Å²) < 4.78 is 12.2. The number of nitrogens with zero attached hydrogens (tertiary/aromatic N) is 2. The number of hydrogen-bond donors (Lipinski definition) is 1. The van der Waals surface area contributed by atoms with Crippen molar-refractivity contribution in [2.24, 2.45) is 0 Å². The van der Waals surface area contributed by atoms with Gasteiger partial charge in [0.1, 0.15) is 12.2 Å². The Balaban J connectivity index is 1.83. The summed E-state index contributed by atoms with van der Waals surface area (Å²) >= 11 is 0. The second kappa shape index (κ2) is 7.33. The average molecular weight is 333 g/mol.